The highest BCUT2D eigenvalue weighted by molar-refractivity contribution is 5.77. The van der Waals surface area contributed by atoms with Gasteiger partial charge in [0.1, 0.15) is 6.42 Å². The molecule has 0 atom stereocenters. The number of carbonyl (C=O) groups is 1. The van der Waals surface area contributed by atoms with Crippen LogP contribution in [0, 0.1) is 23.7 Å². The molecule has 3 nitrogen and oxygen atoms in total. The van der Waals surface area contributed by atoms with E-state index in [1.54, 1.807) is 6.07 Å². The summed E-state index contributed by atoms with van der Waals surface area (Å²) in [6.07, 6.45) is 7.52. The number of amides is 1. The fourth-order valence-corrected chi connectivity index (χ4v) is 0.714. The molecule has 3 heteroatoms. The molecule has 1 amide bonds. The summed E-state index contributed by atoms with van der Waals surface area (Å²) in [5, 5.41) is 10.8. The maximum atomic E-state index is 10.7. The Labute approximate surface area is 72.8 Å². The molecular weight excluding hydrogens is 152 g/mol. The second-order valence-corrected chi connectivity index (χ2v) is 2.35. The topological polar surface area (TPSA) is 52.9 Å². The van der Waals surface area contributed by atoms with Crippen LogP contribution in [0.5, 0.6) is 0 Å². The molecule has 0 aliphatic carbocycles. The minimum absolute atomic E-state index is 0.0604. The average Bonchev–Trinajstić information content (AvgIpc) is 2.05. The van der Waals surface area contributed by atoms with Crippen molar-refractivity contribution >= 4 is 5.91 Å². The van der Waals surface area contributed by atoms with Gasteiger partial charge in [-0.3, -0.25) is 4.79 Å². The van der Waals surface area contributed by atoms with Gasteiger partial charge >= 0.3 is 0 Å². The first kappa shape index (κ1) is 10.5. The van der Waals surface area contributed by atoms with E-state index in [1.807, 2.05) is 0 Å². The Balaban J connectivity index is 3.16. The molecule has 0 unspecified atom stereocenters. The summed E-state index contributed by atoms with van der Waals surface area (Å²) >= 11 is 0. The van der Waals surface area contributed by atoms with Crippen molar-refractivity contribution < 1.29 is 4.79 Å². The Morgan fingerprint density at radius 3 is 2.83 bits per heavy atom. The van der Waals surface area contributed by atoms with E-state index < -0.39 is 0 Å². The fraction of sp³-hybridized carbons (Fsp3) is 0.556. The molecule has 1 N–H and O–H groups in total. The van der Waals surface area contributed by atoms with Crippen molar-refractivity contribution in [1.29, 1.82) is 5.26 Å². The number of nitrogens with one attached hydrogen (secondary N) is 1. The lowest BCUT2D eigenvalue weighted by atomic mass is 10.2. The molecule has 0 heterocycles. The lowest BCUT2D eigenvalue weighted by Crippen LogP contribution is -2.23. The molecule has 0 saturated carbocycles. The van der Waals surface area contributed by atoms with E-state index in [1.165, 1.54) is 0 Å². The third kappa shape index (κ3) is 6.64. The molecule has 0 bridgehead atoms. The molecule has 0 saturated heterocycles. The van der Waals surface area contributed by atoms with Crippen LogP contribution in [-0.4, -0.2) is 12.5 Å². The van der Waals surface area contributed by atoms with Gasteiger partial charge in [-0.25, -0.2) is 0 Å². The van der Waals surface area contributed by atoms with Gasteiger partial charge in [-0.1, -0.05) is 0 Å². The van der Waals surface area contributed by atoms with Gasteiger partial charge in [0.2, 0.25) is 5.91 Å². The largest absolute Gasteiger partial charge is 0.355 e. The average molecular weight is 164 g/mol. The van der Waals surface area contributed by atoms with Crippen LogP contribution >= 0.6 is 0 Å². The summed E-state index contributed by atoms with van der Waals surface area (Å²) in [6.45, 7) is 0.613. The molecule has 0 radical (unpaired) electrons. The van der Waals surface area contributed by atoms with Gasteiger partial charge in [0.05, 0.1) is 6.07 Å². The minimum Gasteiger partial charge on any atom is -0.355 e. The van der Waals surface area contributed by atoms with Crippen LogP contribution in [-0.2, 0) is 4.79 Å². The van der Waals surface area contributed by atoms with E-state index >= 15 is 0 Å². The van der Waals surface area contributed by atoms with Crippen molar-refractivity contribution in [1.82, 2.24) is 5.32 Å². The molecule has 12 heavy (non-hydrogen) atoms. The van der Waals surface area contributed by atoms with Gasteiger partial charge < -0.3 is 5.32 Å². The van der Waals surface area contributed by atoms with Crippen LogP contribution in [0.2, 0.25) is 0 Å². The van der Waals surface area contributed by atoms with Crippen LogP contribution in [0.1, 0.15) is 25.7 Å². The Bertz CT molecular complexity index is 210. The Hall–Kier alpha value is -1.48. The van der Waals surface area contributed by atoms with E-state index in [-0.39, 0.29) is 12.3 Å². The van der Waals surface area contributed by atoms with Crippen molar-refractivity contribution in [3.05, 3.63) is 0 Å². The van der Waals surface area contributed by atoms with Gasteiger partial charge in [0.15, 0.2) is 0 Å². The zero-order valence-corrected chi connectivity index (χ0v) is 6.97. The Morgan fingerprint density at radius 2 is 2.25 bits per heavy atom. The van der Waals surface area contributed by atoms with Crippen LogP contribution in [0.15, 0.2) is 0 Å². The Morgan fingerprint density at radius 1 is 1.50 bits per heavy atom. The molecule has 0 spiro atoms. The quantitative estimate of drug-likeness (QED) is 0.483. The number of carbonyl (C=O) groups excluding carboxylic acids is 1. The Kier molecular flexibility index (Phi) is 6.68. The predicted octanol–water partition coefficient (Wildman–Crippen LogP) is 0.820. The highest BCUT2D eigenvalue weighted by Crippen LogP contribution is 1.91. The summed E-state index contributed by atoms with van der Waals surface area (Å²) in [7, 11) is 0. The van der Waals surface area contributed by atoms with Crippen molar-refractivity contribution in [2.75, 3.05) is 6.54 Å². The third-order valence-electron chi connectivity index (χ3n) is 1.31. The summed E-state index contributed by atoms with van der Waals surface area (Å²) in [4.78, 5) is 10.7. The lowest BCUT2D eigenvalue weighted by molar-refractivity contribution is -0.120. The van der Waals surface area contributed by atoms with Crippen LogP contribution in [0.3, 0.4) is 0 Å². The highest BCUT2D eigenvalue weighted by Gasteiger charge is 1.96. The van der Waals surface area contributed by atoms with E-state index in [0.717, 1.165) is 19.3 Å². The van der Waals surface area contributed by atoms with Gasteiger partial charge in [0, 0.05) is 13.0 Å². The van der Waals surface area contributed by atoms with E-state index in [0.29, 0.717) is 6.54 Å². The lowest BCUT2D eigenvalue weighted by Gasteiger charge is -1.99. The van der Waals surface area contributed by atoms with E-state index in [2.05, 4.69) is 11.2 Å². The zero-order chi connectivity index (χ0) is 9.23. The van der Waals surface area contributed by atoms with Crippen LogP contribution < -0.4 is 5.32 Å². The number of terminal acetylenes is 1. The summed E-state index contributed by atoms with van der Waals surface area (Å²) in [5.41, 5.74) is 0. The van der Waals surface area contributed by atoms with Gasteiger partial charge in [-0.15, -0.1) is 12.3 Å². The third-order valence-corrected chi connectivity index (χ3v) is 1.31. The summed E-state index contributed by atoms with van der Waals surface area (Å²) < 4.78 is 0. The molecule has 0 aromatic rings. The smallest absolute Gasteiger partial charge is 0.234 e. The molecule has 0 aromatic heterocycles. The summed E-state index contributed by atoms with van der Waals surface area (Å²) in [5.74, 6) is 2.31. The van der Waals surface area contributed by atoms with Crippen molar-refractivity contribution in [2.45, 2.75) is 25.7 Å². The van der Waals surface area contributed by atoms with E-state index in [4.69, 9.17) is 11.7 Å². The van der Waals surface area contributed by atoms with Crippen molar-refractivity contribution in [2.24, 2.45) is 0 Å². The standard InChI is InChI=1S/C9H12N2O/c1-2-3-4-5-8-11-9(12)6-7-10/h1H,3-6,8H2,(H,11,12). The maximum Gasteiger partial charge on any atom is 0.234 e. The molecule has 0 fully saturated rings. The number of hydrogen-bond donors (Lipinski definition) is 1. The van der Waals surface area contributed by atoms with Gasteiger partial charge in [0.25, 0.3) is 0 Å². The first-order valence-corrected chi connectivity index (χ1v) is 3.88. The predicted molar refractivity (Wildman–Crippen MR) is 45.9 cm³/mol. The number of hydrogen-bond acceptors (Lipinski definition) is 2. The molecule has 0 aliphatic heterocycles. The normalized spacial score (nSPS) is 8.17. The number of rotatable bonds is 5. The molecule has 0 rings (SSSR count). The van der Waals surface area contributed by atoms with E-state index in [9.17, 15) is 4.79 Å². The molecular formula is C9H12N2O. The van der Waals surface area contributed by atoms with Crippen molar-refractivity contribution in [3.8, 4) is 18.4 Å². The zero-order valence-electron chi connectivity index (χ0n) is 6.97. The number of unbranched alkanes of at least 4 members (excludes halogenated alkanes) is 2. The van der Waals surface area contributed by atoms with Crippen LogP contribution in [0.4, 0.5) is 0 Å². The first-order valence-electron chi connectivity index (χ1n) is 3.88. The minimum atomic E-state index is -0.210. The maximum absolute atomic E-state index is 10.7. The van der Waals surface area contributed by atoms with Crippen molar-refractivity contribution in [3.63, 3.8) is 0 Å². The number of nitrogens with zero attached hydrogens (tertiary/aromatic N) is 1. The molecule has 64 valence electrons. The SMILES string of the molecule is C#CCCCCNC(=O)CC#N. The van der Waals surface area contributed by atoms with Gasteiger partial charge in [-0.2, -0.15) is 5.26 Å². The second kappa shape index (κ2) is 7.63. The monoisotopic (exact) mass is 164 g/mol. The van der Waals surface area contributed by atoms with Crippen LogP contribution in [0.25, 0.3) is 0 Å². The molecule has 0 aliphatic rings. The molecule has 0 aromatic carbocycles. The highest BCUT2D eigenvalue weighted by atomic mass is 16.1. The number of nitriles is 1. The second-order valence-electron chi connectivity index (χ2n) is 2.35. The fourth-order valence-electron chi connectivity index (χ4n) is 0.714. The van der Waals surface area contributed by atoms with Gasteiger partial charge in [-0.05, 0) is 12.8 Å². The summed E-state index contributed by atoms with van der Waals surface area (Å²) in [6, 6.07) is 1.78. The first-order chi connectivity index (χ1) is 5.81.